The molecule has 0 aromatic carbocycles. The van der Waals surface area contributed by atoms with Crippen molar-refractivity contribution < 1.29 is 0 Å². The van der Waals surface area contributed by atoms with Gasteiger partial charge in [-0.05, 0) is 42.9 Å². The van der Waals surface area contributed by atoms with Gasteiger partial charge < -0.3 is 5.32 Å². The van der Waals surface area contributed by atoms with Gasteiger partial charge in [0, 0.05) is 0 Å². The molecule has 0 aliphatic rings. The lowest BCUT2D eigenvalue weighted by molar-refractivity contribution is 0.358. The Morgan fingerprint density at radius 1 is 1.23 bits per heavy atom. The van der Waals surface area contributed by atoms with E-state index in [1.807, 2.05) is 0 Å². The average Bonchev–Trinajstić information content (AvgIpc) is 2.10. The fraction of sp³-hybridized carbons (Fsp3) is 1.00. The molecule has 0 saturated carbocycles. The van der Waals surface area contributed by atoms with Crippen LogP contribution >= 0.6 is 11.8 Å². The Hall–Kier alpha value is 0.310. The van der Waals surface area contributed by atoms with Crippen molar-refractivity contribution in [2.45, 2.75) is 34.1 Å². The fourth-order valence-electron chi connectivity index (χ4n) is 1.38. The van der Waals surface area contributed by atoms with E-state index in [1.54, 1.807) is 0 Å². The smallest absolute Gasteiger partial charge is 0.00179 e. The third-order valence-corrected chi connectivity index (χ3v) is 3.37. The number of hydrogen-bond donors (Lipinski definition) is 1. The molecule has 2 heteroatoms. The molecule has 0 heterocycles. The van der Waals surface area contributed by atoms with Crippen LogP contribution in [0.25, 0.3) is 0 Å². The SMILES string of the molecule is CCNCC(CCSCC)C(C)C. The summed E-state index contributed by atoms with van der Waals surface area (Å²) < 4.78 is 0. The van der Waals surface area contributed by atoms with Gasteiger partial charge in [0.2, 0.25) is 0 Å². The van der Waals surface area contributed by atoms with Gasteiger partial charge in [-0.3, -0.25) is 0 Å². The minimum absolute atomic E-state index is 0.816. The maximum atomic E-state index is 3.45. The van der Waals surface area contributed by atoms with Gasteiger partial charge in [0.05, 0.1) is 0 Å². The van der Waals surface area contributed by atoms with Gasteiger partial charge in [0.1, 0.15) is 0 Å². The Labute approximate surface area is 88.1 Å². The topological polar surface area (TPSA) is 12.0 Å². The van der Waals surface area contributed by atoms with Crippen LogP contribution in [0.5, 0.6) is 0 Å². The van der Waals surface area contributed by atoms with Crippen LogP contribution < -0.4 is 5.32 Å². The van der Waals surface area contributed by atoms with Gasteiger partial charge >= 0.3 is 0 Å². The van der Waals surface area contributed by atoms with Crippen LogP contribution in [0, 0.1) is 11.8 Å². The Bertz CT molecular complexity index is 104. The molecule has 0 aromatic heterocycles. The molecular weight excluding hydrogens is 178 g/mol. The zero-order chi connectivity index (χ0) is 10.1. The molecule has 0 radical (unpaired) electrons. The number of hydrogen-bond acceptors (Lipinski definition) is 2. The first-order valence-corrected chi connectivity index (χ1v) is 6.66. The second-order valence-corrected chi connectivity index (χ2v) is 5.19. The van der Waals surface area contributed by atoms with Crippen LogP contribution in [0.4, 0.5) is 0 Å². The largest absolute Gasteiger partial charge is 0.317 e. The van der Waals surface area contributed by atoms with Crippen LogP contribution in [-0.2, 0) is 0 Å². The lowest BCUT2D eigenvalue weighted by Gasteiger charge is -2.20. The van der Waals surface area contributed by atoms with Crippen molar-refractivity contribution in [2.24, 2.45) is 11.8 Å². The van der Waals surface area contributed by atoms with Gasteiger partial charge in [0.25, 0.3) is 0 Å². The quantitative estimate of drug-likeness (QED) is 0.609. The standard InChI is InChI=1S/C11H25NS/c1-5-12-9-11(10(3)4)7-8-13-6-2/h10-12H,5-9H2,1-4H3. The highest BCUT2D eigenvalue weighted by atomic mass is 32.2. The predicted octanol–water partition coefficient (Wildman–Crippen LogP) is 3.01. The van der Waals surface area contributed by atoms with Crippen molar-refractivity contribution in [1.82, 2.24) is 5.32 Å². The summed E-state index contributed by atoms with van der Waals surface area (Å²) in [5.41, 5.74) is 0. The molecule has 0 spiro atoms. The molecule has 0 bridgehead atoms. The van der Waals surface area contributed by atoms with E-state index in [1.165, 1.54) is 24.5 Å². The molecular formula is C11H25NS. The normalized spacial score (nSPS) is 13.6. The summed E-state index contributed by atoms with van der Waals surface area (Å²) in [6.07, 6.45) is 1.36. The highest BCUT2D eigenvalue weighted by molar-refractivity contribution is 7.99. The highest BCUT2D eigenvalue weighted by Crippen LogP contribution is 2.17. The van der Waals surface area contributed by atoms with Gasteiger partial charge in [0.15, 0.2) is 0 Å². The molecule has 80 valence electrons. The summed E-state index contributed by atoms with van der Waals surface area (Å²) in [6.45, 7) is 11.4. The van der Waals surface area contributed by atoms with Crippen molar-refractivity contribution in [3.05, 3.63) is 0 Å². The van der Waals surface area contributed by atoms with Gasteiger partial charge in [-0.2, -0.15) is 11.8 Å². The molecule has 0 aliphatic carbocycles. The Morgan fingerprint density at radius 2 is 1.92 bits per heavy atom. The third kappa shape index (κ3) is 7.39. The second kappa shape index (κ2) is 8.89. The first kappa shape index (κ1) is 13.3. The van der Waals surface area contributed by atoms with E-state index < -0.39 is 0 Å². The highest BCUT2D eigenvalue weighted by Gasteiger charge is 2.11. The second-order valence-electron chi connectivity index (χ2n) is 3.80. The number of thioether (sulfide) groups is 1. The Morgan fingerprint density at radius 3 is 2.38 bits per heavy atom. The molecule has 0 saturated heterocycles. The van der Waals surface area contributed by atoms with E-state index in [9.17, 15) is 0 Å². The fourth-order valence-corrected chi connectivity index (χ4v) is 2.14. The summed E-state index contributed by atoms with van der Waals surface area (Å²) >= 11 is 2.06. The van der Waals surface area contributed by atoms with E-state index in [-0.39, 0.29) is 0 Å². The van der Waals surface area contributed by atoms with Gasteiger partial charge in [-0.1, -0.05) is 27.7 Å². The molecule has 1 nitrogen and oxygen atoms in total. The lowest BCUT2D eigenvalue weighted by atomic mass is 9.93. The Balaban J connectivity index is 3.54. The van der Waals surface area contributed by atoms with Crippen LogP contribution in [0.2, 0.25) is 0 Å². The molecule has 0 rings (SSSR count). The van der Waals surface area contributed by atoms with Crippen molar-refractivity contribution in [2.75, 3.05) is 24.6 Å². The van der Waals surface area contributed by atoms with Crippen molar-refractivity contribution >= 4 is 11.8 Å². The van der Waals surface area contributed by atoms with E-state index >= 15 is 0 Å². The van der Waals surface area contributed by atoms with Crippen molar-refractivity contribution in [3.63, 3.8) is 0 Å². The third-order valence-electron chi connectivity index (χ3n) is 2.44. The van der Waals surface area contributed by atoms with Crippen molar-refractivity contribution in [3.8, 4) is 0 Å². The van der Waals surface area contributed by atoms with Crippen LogP contribution in [-0.4, -0.2) is 24.6 Å². The molecule has 0 aromatic rings. The minimum atomic E-state index is 0.816. The van der Waals surface area contributed by atoms with Gasteiger partial charge in [-0.25, -0.2) is 0 Å². The van der Waals surface area contributed by atoms with E-state index in [0.717, 1.165) is 18.4 Å². The molecule has 13 heavy (non-hydrogen) atoms. The van der Waals surface area contributed by atoms with Crippen LogP contribution in [0.15, 0.2) is 0 Å². The van der Waals surface area contributed by atoms with E-state index in [0.29, 0.717) is 0 Å². The van der Waals surface area contributed by atoms with Crippen LogP contribution in [0.3, 0.4) is 0 Å². The zero-order valence-electron chi connectivity index (χ0n) is 9.60. The Kier molecular flexibility index (Phi) is 9.10. The summed E-state index contributed by atoms with van der Waals surface area (Å²) in [4.78, 5) is 0. The number of rotatable bonds is 8. The zero-order valence-corrected chi connectivity index (χ0v) is 10.4. The number of nitrogens with one attached hydrogen (secondary N) is 1. The predicted molar refractivity (Wildman–Crippen MR) is 64.5 cm³/mol. The molecule has 1 N–H and O–H groups in total. The molecule has 1 unspecified atom stereocenters. The summed E-state index contributed by atoms with van der Waals surface area (Å²) in [6, 6.07) is 0. The monoisotopic (exact) mass is 203 g/mol. The van der Waals surface area contributed by atoms with Gasteiger partial charge in [-0.15, -0.1) is 0 Å². The molecule has 1 atom stereocenters. The van der Waals surface area contributed by atoms with Crippen molar-refractivity contribution in [1.29, 1.82) is 0 Å². The molecule has 0 aliphatic heterocycles. The first-order valence-electron chi connectivity index (χ1n) is 5.50. The lowest BCUT2D eigenvalue weighted by Crippen LogP contribution is -2.26. The average molecular weight is 203 g/mol. The molecule has 0 amide bonds. The molecule has 0 fully saturated rings. The first-order chi connectivity index (χ1) is 6.22. The maximum Gasteiger partial charge on any atom is -0.00179 e. The van der Waals surface area contributed by atoms with E-state index in [2.05, 4.69) is 44.8 Å². The summed E-state index contributed by atoms with van der Waals surface area (Å²) in [5.74, 6) is 4.26. The minimum Gasteiger partial charge on any atom is -0.317 e. The maximum absolute atomic E-state index is 3.45. The summed E-state index contributed by atoms with van der Waals surface area (Å²) in [5, 5.41) is 3.45. The summed E-state index contributed by atoms with van der Waals surface area (Å²) in [7, 11) is 0. The van der Waals surface area contributed by atoms with Crippen LogP contribution in [0.1, 0.15) is 34.1 Å². The van der Waals surface area contributed by atoms with E-state index in [4.69, 9.17) is 0 Å².